The minimum atomic E-state index is -0.575. The molecule has 2 rings (SSSR count). The molecule has 0 saturated heterocycles. The average molecular weight is 254 g/mol. The molecule has 1 atom stereocenters. The van der Waals surface area contributed by atoms with Crippen molar-refractivity contribution in [3.8, 4) is 0 Å². The third-order valence-corrected chi connectivity index (χ3v) is 3.16. The van der Waals surface area contributed by atoms with Gasteiger partial charge in [-0.05, 0) is 23.6 Å². The van der Waals surface area contributed by atoms with E-state index < -0.39 is 6.04 Å². The van der Waals surface area contributed by atoms with Crippen molar-refractivity contribution < 1.29 is 4.79 Å². The number of pyridine rings is 1. The highest BCUT2D eigenvalue weighted by atomic mass is 16.1. The Hall–Kier alpha value is -2.00. The van der Waals surface area contributed by atoms with E-state index in [4.69, 9.17) is 5.73 Å². The fraction of sp³-hybridized carbons (Fsp3) is 0.250. The molecule has 0 aliphatic carbocycles. The summed E-state index contributed by atoms with van der Waals surface area (Å²) in [4.78, 5) is 16.4. The summed E-state index contributed by atoms with van der Waals surface area (Å²) in [5, 5.41) is 0. The van der Waals surface area contributed by atoms with E-state index >= 15 is 0 Å². The number of nitrogens with two attached hydrogens (primary N) is 1. The second-order valence-corrected chi connectivity index (χ2v) is 4.54. The van der Waals surface area contributed by atoms with Gasteiger partial charge in [0.1, 0.15) is 0 Å². The molecule has 0 radical (unpaired) electrons. The van der Waals surface area contributed by atoms with E-state index in [0.717, 1.165) is 17.7 Å². The molecule has 3 nitrogen and oxygen atoms in total. The van der Waals surface area contributed by atoms with E-state index in [1.807, 2.05) is 48.7 Å². The Morgan fingerprint density at radius 3 is 2.53 bits per heavy atom. The van der Waals surface area contributed by atoms with Gasteiger partial charge in [0.2, 0.25) is 0 Å². The maximum atomic E-state index is 12.1. The highest BCUT2D eigenvalue weighted by Gasteiger charge is 2.16. The Morgan fingerprint density at radius 2 is 1.95 bits per heavy atom. The predicted molar refractivity (Wildman–Crippen MR) is 75.7 cm³/mol. The predicted octanol–water partition coefficient (Wildman–Crippen LogP) is 2.46. The number of aromatic nitrogens is 1. The van der Waals surface area contributed by atoms with Crippen molar-refractivity contribution in [2.24, 2.45) is 5.73 Å². The summed E-state index contributed by atoms with van der Waals surface area (Å²) in [6.07, 6.45) is 3.04. The third-order valence-electron chi connectivity index (χ3n) is 3.16. The smallest absolute Gasteiger partial charge is 0.159 e. The van der Waals surface area contributed by atoms with Crippen LogP contribution in [0.1, 0.15) is 29.8 Å². The molecule has 0 spiro atoms. The van der Waals surface area contributed by atoms with Crippen LogP contribution in [-0.2, 0) is 17.6 Å². The van der Waals surface area contributed by atoms with E-state index in [0.29, 0.717) is 0 Å². The second kappa shape index (κ2) is 6.25. The molecule has 3 heteroatoms. The van der Waals surface area contributed by atoms with E-state index in [9.17, 15) is 4.79 Å². The van der Waals surface area contributed by atoms with Crippen molar-refractivity contribution >= 4 is 5.78 Å². The normalized spacial score (nSPS) is 12.1. The van der Waals surface area contributed by atoms with Crippen LogP contribution in [0.25, 0.3) is 0 Å². The van der Waals surface area contributed by atoms with Crippen molar-refractivity contribution in [2.75, 3.05) is 0 Å². The summed E-state index contributed by atoms with van der Waals surface area (Å²) >= 11 is 0. The lowest BCUT2D eigenvalue weighted by atomic mass is 10.0. The molecule has 1 aromatic heterocycles. The molecule has 1 aromatic carbocycles. The molecular weight excluding hydrogens is 236 g/mol. The van der Waals surface area contributed by atoms with Gasteiger partial charge in [0.15, 0.2) is 5.78 Å². The van der Waals surface area contributed by atoms with Gasteiger partial charge in [0.25, 0.3) is 0 Å². The van der Waals surface area contributed by atoms with Gasteiger partial charge < -0.3 is 5.73 Å². The molecule has 2 N–H and O–H groups in total. The van der Waals surface area contributed by atoms with Crippen LogP contribution < -0.4 is 5.73 Å². The van der Waals surface area contributed by atoms with Crippen molar-refractivity contribution in [3.05, 3.63) is 65.5 Å². The van der Waals surface area contributed by atoms with Crippen LogP contribution in [0.2, 0.25) is 0 Å². The van der Waals surface area contributed by atoms with E-state index in [2.05, 4.69) is 11.9 Å². The molecule has 2 aromatic rings. The first-order chi connectivity index (χ1) is 9.20. The van der Waals surface area contributed by atoms with Crippen molar-refractivity contribution in [2.45, 2.75) is 25.8 Å². The van der Waals surface area contributed by atoms with Gasteiger partial charge in [-0.3, -0.25) is 9.78 Å². The lowest BCUT2D eigenvalue weighted by Gasteiger charge is -2.10. The monoisotopic (exact) mass is 254 g/mol. The Labute approximate surface area is 113 Å². The third kappa shape index (κ3) is 3.48. The van der Waals surface area contributed by atoms with Gasteiger partial charge in [-0.15, -0.1) is 0 Å². The lowest BCUT2D eigenvalue weighted by molar-refractivity contribution is -0.119. The quantitative estimate of drug-likeness (QED) is 0.891. The van der Waals surface area contributed by atoms with Gasteiger partial charge in [-0.25, -0.2) is 0 Å². The van der Waals surface area contributed by atoms with Crippen LogP contribution in [0, 0.1) is 0 Å². The van der Waals surface area contributed by atoms with E-state index in [-0.39, 0.29) is 12.2 Å². The largest absolute Gasteiger partial charge is 0.318 e. The van der Waals surface area contributed by atoms with Crippen LogP contribution >= 0.6 is 0 Å². The molecule has 0 bridgehead atoms. The molecule has 0 aliphatic heterocycles. The number of ketones is 1. The van der Waals surface area contributed by atoms with Crippen molar-refractivity contribution in [1.29, 1.82) is 0 Å². The van der Waals surface area contributed by atoms with Gasteiger partial charge in [0, 0.05) is 11.9 Å². The lowest BCUT2D eigenvalue weighted by Crippen LogP contribution is -2.23. The molecule has 1 unspecified atom stereocenters. The first kappa shape index (κ1) is 13.4. The maximum absolute atomic E-state index is 12.1. The molecule has 0 saturated carbocycles. The first-order valence-corrected chi connectivity index (χ1v) is 6.47. The van der Waals surface area contributed by atoms with E-state index in [1.165, 1.54) is 5.56 Å². The zero-order chi connectivity index (χ0) is 13.7. The van der Waals surface area contributed by atoms with Gasteiger partial charge in [0.05, 0.1) is 12.5 Å². The zero-order valence-corrected chi connectivity index (χ0v) is 11.0. The Morgan fingerprint density at radius 1 is 1.21 bits per heavy atom. The van der Waals surface area contributed by atoms with Crippen LogP contribution in [0.4, 0.5) is 0 Å². The molecule has 1 heterocycles. The molecule has 0 aliphatic rings. The Kier molecular flexibility index (Phi) is 4.42. The SMILES string of the molecule is CCc1ccc(CC(=O)C(N)c2ccccc2)nc1. The van der Waals surface area contributed by atoms with Crippen molar-refractivity contribution in [3.63, 3.8) is 0 Å². The molecular formula is C16H18N2O. The van der Waals surface area contributed by atoms with Crippen LogP contribution in [0.15, 0.2) is 48.7 Å². The fourth-order valence-corrected chi connectivity index (χ4v) is 1.90. The molecule has 98 valence electrons. The van der Waals surface area contributed by atoms with Crippen molar-refractivity contribution in [1.82, 2.24) is 4.98 Å². The minimum Gasteiger partial charge on any atom is -0.318 e. The zero-order valence-electron chi connectivity index (χ0n) is 11.0. The van der Waals surface area contributed by atoms with Crippen LogP contribution in [0.5, 0.6) is 0 Å². The number of carbonyl (C=O) groups excluding carboxylic acids is 1. The Balaban J connectivity index is 2.04. The summed E-state index contributed by atoms with van der Waals surface area (Å²) in [5.41, 5.74) is 8.75. The Bertz CT molecular complexity index is 534. The second-order valence-electron chi connectivity index (χ2n) is 4.54. The summed E-state index contributed by atoms with van der Waals surface area (Å²) in [7, 11) is 0. The molecule has 19 heavy (non-hydrogen) atoms. The van der Waals surface area contributed by atoms with Gasteiger partial charge in [-0.1, -0.05) is 43.3 Å². The first-order valence-electron chi connectivity index (χ1n) is 6.47. The fourth-order valence-electron chi connectivity index (χ4n) is 1.90. The maximum Gasteiger partial charge on any atom is 0.159 e. The average Bonchev–Trinajstić information content (AvgIpc) is 2.48. The molecule has 0 fully saturated rings. The summed E-state index contributed by atoms with van der Waals surface area (Å²) < 4.78 is 0. The number of aryl methyl sites for hydroxylation is 1. The minimum absolute atomic E-state index is 0.0112. The van der Waals surface area contributed by atoms with Gasteiger partial charge in [-0.2, -0.15) is 0 Å². The number of carbonyl (C=O) groups is 1. The number of rotatable bonds is 5. The number of hydrogen-bond acceptors (Lipinski definition) is 3. The van der Waals surface area contributed by atoms with E-state index in [1.54, 1.807) is 0 Å². The molecule has 0 amide bonds. The highest BCUT2D eigenvalue weighted by Crippen LogP contribution is 2.13. The number of Topliss-reactive ketones (excluding diaryl/α,β-unsaturated/α-hetero) is 1. The van der Waals surface area contributed by atoms with Crippen LogP contribution in [-0.4, -0.2) is 10.8 Å². The number of nitrogens with zero attached hydrogens (tertiary/aromatic N) is 1. The number of hydrogen-bond donors (Lipinski definition) is 1. The highest BCUT2D eigenvalue weighted by molar-refractivity contribution is 5.86. The summed E-state index contributed by atoms with van der Waals surface area (Å²) in [6.45, 7) is 2.08. The summed E-state index contributed by atoms with van der Waals surface area (Å²) in [6, 6.07) is 12.7. The van der Waals surface area contributed by atoms with Gasteiger partial charge >= 0.3 is 0 Å². The van der Waals surface area contributed by atoms with Crippen LogP contribution in [0.3, 0.4) is 0 Å². The standard InChI is InChI=1S/C16H18N2O/c1-2-12-8-9-14(18-11-12)10-15(19)16(17)13-6-4-3-5-7-13/h3-9,11,16H,2,10,17H2,1H3. The number of benzene rings is 1. The topological polar surface area (TPSA) is 56.0 Å². The summed E-state index contributed by atoms with van der Waals surface area (Å²) in [5.74, 6) is -0.0112.